The Kier molecular flexibility index (Phi) is 6.43. The Bertz CT molecular complexity index is 527. The Morgan fingerprint density at radius 3 is 2.64 bits per heavy atom. The third-order valence-electron chi connectivity index (χ3n) is 4.11. The van der Waals surface area contributed by atoms with E-state index in [-0.39, 0.29) is 11.8 Å². The van der Waals surface area contributed by atoms with Gasteiger partial charge in [0, 0.05) is 36.1 Å². The van der Waals surface area contributed by atoms with Crippen LogP contribution >= 0.6 is 15.9 Å². The van der Waals surface area contributed by atoms with E-state index < -0.39 is 0 Å². The largest absolute Gasteiger partial charge is 0.339 e. The monoisotopic (exact) mass is 366 g/mol. The molecule has 0 aliphatic heterocycles. The first kappa shape index (κ1) is 17.0. The van der Waals surface area contributed by atoms with Crippen LogP contribution < -0.4 is 5.32 Å². The van der Waals surface area contributed by atoms with Crippen LogP contribution in [0.5, 0.6) is 0 Å². The molecular weight excluding hydrogens is 344 g/mol. The summed E-state index contributed by atoms with van der Waals surface area (Å²) < 4.78 is 0.929. The van der Waals surface area contributed by atoms with Gasteiger partial charge in [0.05, 0.1) is 0 Å². The quantitative estimate of drug-likeness (QED) is 0.857. The molecule has 0 heterocycles. The highest BCUT2D eigenvalue weighted by molar-refractivity contribution is 9.10. The van der Waals surface area contributed by atoms with Crippen molar-refractivity contribution < 1.29 is 9.59 Å². The molecule has 0 aromatic heterocycles. The molecule has 0 atom stereocenters. The van der Waals surface area contributed by atoms with Crippen LogP contribution in [0.3, 0.4) is 0 Å². The number of rotatable bonds is 5. The number of halogens is 1. The molecule has 0 spiro atoms. The van der Waals surface area contributed by atoms with Crippen LogP contribution in [0.4, 0.5) is 5.69 Å². The summed E-state index contributed by atoms with van der Waals surface area (Å²) in [6.45, 7) is 2.10. The predicted molar refractivity (Wildman–Crippen MR) is 91.6 cm³/mol. The Hall–Kier alpha value is -1.36. The highest BCUT2D eigenvalue weighted by atomic mass is 79.9. The molecule has 4 nitrogen and oxygen atoms in total. The minimum Gasteiger partial charge on any atom is -0.339 e. The standard InChI is InChI=1S/C17H23BrN2O2/c1-13(21)20(16-8-3-2-4-9-16)11-10-17(22)19-15-7-5-6-14(18)12-15/h5-7,12,16H,2-4,8-11H2,1H3,(H,19,22). The van der Waals surface area contributed by atoms with Crippen LogP contribution in [-0.2, 0) is 9.59 Å². The van der Waals surface area contributed by atoms with Crippen molar-refractivity contribution in [3.63, 3.8) is 0 Å². The second kappa shape index (κ2) is 8.32. The zero-order chi connectivity index (χ0) is 15.9. The number of hydrogen-bond acceptors (Lipinski definition) is 2. The molecule has 22 heavy (non-hydrogen) atoms. The first-order chi connectivity index (χ1) is 10.6. The average molecular weight is 367 g/mol. The van der Waals surface area contributed by atoms with E-state index in [4.69, 9.17) is 0 Å². The molecule has 1 aliphatic rings. The first-order valence-corrected chi connectivity index (χ1v) is 8.68. The lowest BCUT2D eigenvalue weighted by molar-refractivity contribution is -0.132. The second-order valence-corrected chi connectivity index (χ2v) is 6.73. The second-order valence-electron chi connectivity index (χ2n) is 5.81. The van der Waals surface area contributed by atoms with Gasteiger partial charge < -0.3 is 10.2 Å². The molecule has 1 saturated carbocycles. The Balaban J connectivity index is 1.86. The van der Waals surface area contributed by atoms with Gasteiger partial charge in [-0.2, -0.15) is 0 Å². The number of anilines is 1. The maximum atomic E-state index is 12.1. The van der Waals surface area contributed by atoms with E-state index in [1.165, 1.54) is 19.3 Å². The van der Waals surface area contributed by atoms with Crippen molar-refractivity contribution in [1.29, 1.82) is 0 Å². The van der Waals surface area contributed by atoms with Gasteiger partial charge in [0.1, 0.15) is 0 Å². The number of nitrogens with one attached hydrogen (secondary N) is 1. The topological polar surface area (TPSA) is 49.4 Å². The lowest BCUT2D eigenvalue weighted by Crippen LogP contribution is -2.41. The van der Waals surface area contributed by atoms with E-state index in [1.807, 2.05) is 29.2 Å². The van der Waals surface area contributed by atoms with Crippen LogP contribution in [0, 0.1) is 0 Å². The first-order valence-electron chi connectivity index (χ1n) is 7.89. The molecule has 120 valence electrons. The zero-order valence-electron chi connectivity index (χ0n) is 13.0. The molecular formula is C17H23BrN2O2. The van der Waals surface area contributed by atoms with Gasteiger partial charge in [-0.3, -0.25) is 9.59 Å². The smallest absolute Gasteiger partial charge is 0.226 e. The molecule has 1 aromatic carbocycles. The number of amides is 2. The van der Waals surface area contributed by atoms with Gasteiger partial charge in [-0.1, -0.05) is 41.3 Å². The third kappa shape index (κ3) is 5.13. The summed E-state index contributed by atoms with van der Waals surface area (Å²) in [5.41, 5.74) is 0.770. The molecule has 0 bridgehead atoms. The molecule has 1 aromatic rings. The lowest BCUT2D eigenvalue weighted by Gasteiger charge is -2.33. The van der Waals surface area contributed by atoms with Crippen LogP contribution in [0.25, 0.3) is 0 Å². The fourth-order valence-electron chi connectivity index (χ4n) is 3.00. The minimum absolute atomic E-state index is 0.0554. The van der Waals surface area contributed by atoms with Gasteiger partial charge in [-0.15, -0.1) is 0 Å². The van der Waals surface area contributed by atoms with Gasteiger partial charge in [-0.25, -0.2) is 0 Å². The van der Waals surface area contributed by atoms with E-state index in [0.717, 1.165) is 23.0 Å². The normalized spacial score (nSPS) is 15.4. The van der Waals surface area contributed by atoms with Gasteiger partial charge in [0.25, 0.3) is 0 Å². The highest BCUT2D eigenvalue weighted by Crippen LogP contribution is 2.23. The molecule has 5 heteroatoms. The van der Waals surface area contributed by atoms with Crippen molar-refractivity contribution in [3.8, 4) is 0 Å². The Labute approximate surface area is 140 Å². The summed E-state index contributed by atoms with van der Waals surface area (Å²) in [5, 5.41) is 2.87. The van der Waals surface area contributed by atoms with Crippen molar-refractivity contribution in [3.05, 3.63) is 28.7 Å². The van der Waals surface area contributed by atoms with Crippen LogP contribution in [-0.4, -0.2) is 29.3 Å². The van der Waals surface area contributed by atoms with Gasteiger partial charge in [0.2, 0.25) is 11.8 Å². The summed E-state index contributed by atoms with van der Waals surface area (Å²) in [7, 11) is 0. The number of carbonyl (C=O) groups is 2. The molecule has 0 unspecified atom stereocenters. The SMILES string of the molecule is CC(=O)N(CCC(=O)Nc1cccc(Br)c1)C1CCCCC1. The fourth-order valence-corrected chi connectivity index (χ4v) is 3.40. The molecule has 2 rings (SSSR count). The van der Waals surface area contributed by atoms with E-state index in [0.29, 0.717) is 19.0 Å². The molecule has 0 radical (unpaired) electrons. The fraction of sp³-hybridized carbons (Fsp3) is 0.529. The number of nitrogens with zero attached hydrogens (tertiary/aromatic N) is 1. The number of benzene rings is 1. The predicted octanol–water partition coefficient (Wildman–Crippen LogP) is 3.96. The maximum absolute atomic E-state index is 12.1. The average Bonchev–Trinajstić information content (AvgIpc) is 2.48. The summed E-state index contributed by atoms with van der Waals surface area (Å²) in [4.78, 5) is 25.8. The van der Waals surface area contributed by atoms with Crippen molar-refractivity contribution in [2.24, 2.45) is 0 Å². The number of carbonyl (C=O) groups excluding carboxylic acids is 2. The van der Waals surface area contributed by atoms with E-state index in [9.17, 15) is 9.59 Å². The highest BCUT2D eigenvalue weighted by Gasteiger charge is 2.23. The zero-order valence-corrected chi connectivity index (χ0v) is 14.6. The van der Waals surface area contributed by atoms with E-state index >= 15 is 0 Å². The Morgan fingerprint density at radius 1 is 1.27 bits per heavy atom. The van der Waals surface area contributed by atoms with Crippen molar-refractivity contribution >= 4 is 33.4 Å². The van der Waals surface area contributed by atoms with Crippen molar-refractivity contribution in [1.82, 2.24) is 4.90 Å². The Morgan fingerprint density at radius 2 is 2.00 bits per heavy atom. The van der Waals surface area contributed by atoms with Crippen LogP contribution in [0.15, 0.2) is 28.7 Å². The van der Waals surface area contributed by atoms with Crippen molar-refractivity contribution in [2.75, 3.05) is 11.9 Å². The lowest BCUT2D eigenvalue weighted by atomic mass is 9.94. The number of hydrogen-bond donors (Lipinski definition) is 1. The van der Waals surface area contributed by atoms with E-state index in [2.05, 4.69) is 21.2 Å². The maximum Gasteiger partial charge on any atom is 0.226 e. The van der Waals surface area contributed by atoms with Crippen molar-refractivity contribution in [2.45, 2.75) is 51.5 Å². The van der Waals surface area contributed by atoms with Gasteiger partial charge in [-0.05, 0) is 31.0 Å². The molecule has 2 amide bonds. The van der Waals surface area contributed by atoms with Crippen LogP contribution in [0.1, 0.15) is 45.4 Å². The molecule has 1 aliphatic carbocycles. The van der Waals surface area contributed by atoms with E-state index in [1.54, 1.807) is 6.92 Å². The van der Waals surface area contributed by atoms with Gasteiger partial charge >= 0.3 is 0 Å². The van der Waals surface area contributed by atoms with Crippen LogP contribution in [0.2, 0.25) is 0 Å². The summed E-state index contributed by atoms with van der Waals surface area (Å²) in [6, 6.07) is 7.82. The summed E-state index contributed by atoms with van der Waals surface area (Å²) in [6.07, 6.45) is 6.07. The van der Waals surface area contributed by atoms with Gasteiger partial charge in [0.15, 0.2) is 0 Å². The summed E-state index contributed by atoms with van der Waals surface area (Å²) >= 11 is 3.38. The molecule has 1 fully saturated rings. The molecule has 1 N–H and O–H groups in total. The summed E-state index contributed by atoms with van der Waals surface area (Å²) in [5.74, 6) is 0.0160. The molecule has 0 saturated heterocycles. The third-order valence-corrected chi connectivity index (χ3v) is 4.60. The minimum atomic E-state index is -0.0554.